The van der Waals surface area contributed by atoms with Crippen molar-refractivity contribution >= 4 is 58.4 Å². The molecule has 1 atom stereocenters. The van der Waals surface area contributed by atoms with Crippen molar-refractivity contribution in [2.75, 3.05) is 32.1 Å². The van der Waals surface area contributed by atoms with Gasteiger partial charge in [-0.15, -0.1) is 0 Å². The number of hydrogen-bond acceptors (Lipinski definition) is 4. The average Bonchev–Trinajstić information content (AvgIpc) is 2.95. The van der Waals surface area contributed by atoms with Gasteiger partial charge in [0.25, 0.3) is 0 Å². The summed E-state index contributed by atoms with van der Waals surface area (Å²) in [5.74, 6) is 0. The van der Waals surface area contributed by atoms with Gasteiger partial charge in [0.05, 0.1) is 15.3 Å². The van der Waals surface area contributed by atoms with Crippen molar-refractivity contribution in [2.45, 2.75) is 26.4 Å². The normalized spacial score (nSPS) is 16.9. The third-order valence-corrected chi connectivity index (χ3v) is 4.41. The smallest absolute Gasteiger partial charge is 0.213 e. The lowest BCUT2D eigenvalue weighted by Crippen LogP contribution is -2.16. The Labute approximate surface area is 158 Å². The van der Waals surface area contributed by atoms with Crippen LogP contribution < -0.4 is 4.90 Å². The van der Waals surface area contributed by atoms with Gasteiger partial charge in [0.1, 0.15) is 0 Å². The number of likely N-dealkylation sites (tertiary alicyclic amines) is 1. The maximum absolute atomic E-state index is 10.3. The Morgan fingerprint density at radius 3 is 2.41 bits per heavy atom. The van der Waals surface area contributed by atoms with Gasteiger partial charge in [-0.2, -0.15) is 0 Å². The fourth-order valence-electron chi connectivity index (χ4n) is 1.76. The lowest BCUT2D eigenvalue weighted by Gasteiger charge is -2.09. The van der Waals surface area contributed by atoms with Crippen LogP contribution in [0.2, 0.25) is 0 Å². The lowest BCUT2D eigenvalue weighted by atomic mass is 10.3. The average molecular weight is 503 g/mol. The highest BCUT2D eigenvalue weighted by molar-refractivity contribution is 14.2. The van der Waals surface area contributed by atoms with E-state index in [1.165, 1.54) is 27.1 Å². The van der Waals surface area contributed by atoms with Gasteiger partial charge in [0.15, 0.2) is 0 Å². The highest BCUT2D eigenvalue weighted by Gasteiger charge is 2.19. The number of nitrogens with zero attached hydrogens (tertiary/aromatic N) is 2. The minimum absolute atomic E-state index is 0.469. The van der Waals surface area contributed by atoms with Gasteiger partial charge in [-0.3, -0.25) is 4.79 Å². The molecule has 1 heterocycles. The van der Waals surface area contributed by atoms with Crippen LogP contribution in [0.4, 0.5) is 5.69 Å². The molecule has 0 radical (unpaired) electrons. The monoisotopic (exact) mass is 502 g/mol. The van der Waals surface area contributed by atoms with Crippen LogP contribution in [0.5, 0.6) is 0 Å². The van der Waals surface area contributed by atoms with Gasteiger partial charge in [-0.1, -0.05) is 29.8 Å². The number of hydrogen-bond donors (Lipinski definition) is 0. The van der Waals surface area contributed by atoms with Crippen molar-refractivity contribution < 1.29 is 8.98 Å². The molecule has 4 nitrogen and oxygen atoms in total. The first-order valence-corrected chi connectivity index (χ1v) is 11.2. The topological polar surface area (TPSA) is 32.8 Å². The quantitative estimate of drug-likeness (QED) is 0.337. The Morgan fingerprint density at radius 1 is 1.41 bits per heavy atom. The van der Waals surface area contributed by atoms with Gasteiger partial charge < -0.3 is 14.0 Å². The summed E-state index contributed by atoms with van der Waals surface area (Å²) in [6, 6.07) is 7.54. The van der Waals surface area contributed by atoms with E-state index in [0.29, 0.717) is 6.10 Å². The number of amides is 1. The Bertz CT molecular complexity index is 407. The molecular formula is C15H24BrIN2O2S. The maximum atomic E-state index is 10.3. The van der Waals surface area contributed by atoms with Gasteiger partial charge in [0, 0.05) is 51.5 Å². The minimum atomic E-state index is 0.469. The van der Waals surface area contributed by atoms with E-state index >= 15 is 0 Å². The van der Waals surface area contributed by atoms with E-state index in [-0.39, 0.29) is 0 Å². The summed E-state index contributed by atoms with van der Waals surface area (Å²) < 4.78 is 6.35. The van der Waals surface area contributed by atoms with Crippen LogP contribution in [-0.4, -0.2) is 44.6 Å². The first kappa shape index (κ1) is 22.2. The molecule has 1 aromatic rings. The Kier molecular flexibility index (Phi) is 13.7. The molecule has 0 saturated carbocycles. The molecule has 0 bridgehead atoms. The van der Waals surface area contributed by atoms with Crippen molar-refractivity contribution in [3.05, 3.63) is 28.7 Å². The van der Waals surface area contributed by atoms with E-state index in [1.54, 1.807) is 7.05 Å². The highest BCUT2D eigenvalue weighted by Crippen LogP contribution is 2.21. The molecule has 1 fully saturated rings. The molecule has 22 heavy (non-hydrogen) atoms. The SMILES string of the molecule is CC.CN(C=O)c1ccc(Br)cc1.CN1CCC(OSI)C1. The van der Waals surface area contributed by atoms with Crippen molar-refractivity contribution in [2.24, 2.45) is 0 Å². The fraction of sp³-hybridized carbons (Fsp3) is 0.533. The van der Waals surface area contributed by atoms with Crippen LogP contribution in [0.15, 0.2) is 28.7 Å². The van der Waals surface area contributed by atoms with E-state index in [0.717, 1.165) is 23.1 Å². The van der Waals surface area contributed by atoms with Crippen molar-refractivity contribution in [3.63, 3.8) is 0 Å². The van der Waals surface area contributed by atoms with Gasteiger partial charge in [0.2, 0.25) is 6.41 Å². The third kappa shape index (κ3) is 9.34. The highest BCUT2D eigenvalue weighted by atomic mass is 127. The second-order valence-electron chi connectivity index (χ2n) is 4.52. The lowest BCUT2D eigenvalue weighted by molar-refractivity contribution is -0.107. The second-order valence-corrected chi connectivity index (χ2v) is 6.84. The van der Waals surface area contributed by atoms with Gasteiger partial charge in [-0.25, -0.2) is 0 Å². The van der Waals surface area contributed by atoms with Gasteiger partial charge >= 0.3 is 0 Å². The van der Waals surface area contributed by atoms with E-state index in [9.17, 15) is 4.79 Å². The van der Waals surface area contributed by atoms with Crippen LogP contribution in [0, 0.1) is 0 Å². The summed E-state index contributed by atoms with van der Waals surface area (Å²) in [6.07, 6.45) is 2.44. The molecule has 0 spiro atoms. The zero-order chi connectivity index (χ0) is 17.0. The Hall–Kier alpha value is 0.170. The van der Waals surface area contributed by atoms with E-state index in [1.807, 2.05) is 38.1 Å². The summed E-state index contributed by atoms with van der Waals surface area (Å²) in [5, 5.41) is 0. The zero-order valence-electron chi connectivity index (χ0n) is 13.5. The van der Waals surface area contributed by atoms with Crippen LogP contribution in [0.25, 0.3) is 0 Å². The maximum Gasteiger partial charge on any atom is 0.213 e. The largest absolute Gasteiger partial charge is 0.318 e. The predicted octanol–water partition coefficient (Wildman–Crippen LogP) is 4.77. The number of carbonyl (C=O) groups is 1. The molecule has 1 unspecified atom stereocenters. The number of benzene rings is 1. The molecule has 0 aromatic heterocycles. The fourth-order valence-corrected chi connectivity index (χ4v) is 3.17. The zero-order valence-corrected chi connectivity index (χ0v) is 18.0. The Morgan fingerprint density at radius 2 is 2.00 bits per heavy atom. The van der Waals surface area contributed by atoms with Crippen LogP contribution >= 0.6 is 46.3 Å². The van der Waals surface area contributed by atoms with Gasteiger partial charge in [-0.05, 0) is 37.7 Å². The standard InChI is InChI=1S/C8H8BrNO.C5H10INOS.C2H6/c1-10(6-11)8-4-2-7(9)3-5-8;1-7-3-2-5(4-7)8-9-6;1-2/h2-6H,1H3;5H,2-4H2,1H3;1-2H3. The summed E-state index contributed by atoms with van der Waals surface area (Å²) in [5.41, 5.74) is 0.892. The molecule has 1 aromatic carbocycles. The van der Waals surface area contributed by atoms with E-state index in [2.05, 4.69) is 49.1 Å². The van der Waals surface area contributed by atoms with Crippen LogP contribution in [-0.2, 0) is 8.98 Å². The predicted molar refractivity (Wildman–Crippen MR) is 109 cm³/mol. The number of carbonyl (C=O) groups excluding carboxylic acids is 1. The molecule has 1 aliphatic heterocycles. The molecule has 126 valence electrons. The molecule has 1 aliphatic rings. The third-order valence-electron chi connectivity index (χ3n) is 2.91. The van der Waals surface area contributed by atoms with Crippen molar-refractivity contribution in [3.8, 4) is 0 Å². The minimum Gasteiger partial charge on any atom is -0.318 e. The summed E-state index contributed by atoms with van der Waals surface area (Å²) in [4.78, 5) is 14.1. The van der Waals surface area contributed by atoms with Crippen molar-refractivity contribution in [1.29, 1.82) is 0 Å². The molecule has 0 aliphatic carbocycles. The number of likely N-dealkylation sites (N-methyl/N-ethyl adjacent to an activating group) is 1. The summed E-state index contributed by atoms with van der Waals surface area (Å²) in [7, 11) is 5.29. The molecular weight excluding hydrogens is 479 g/mol. The number of halogens is 2. The Balaban J connectivity index is 0.000000366. The van der Waals surface area contributed by atoms with Crippen LogP contribution in [0.1, 0.15) is 20.3 Å². The summed E-state index contributed by atoms with van der Waals surface area (Å²) in [6.45, 7) is 6.28. The molecule has 2 rings (SSSR count). The van der Waals surface area contributed by atoms with E-state index < -0.39 is 0 Å². The number of anilines is 1. The second kappa shape index (κ2) is 13.6. The molecule has 1 saturated heterocycles. The van der Waals surface area contributed by atoms with E-state index in [4.69, 9.17) is 4.18 Å². The van der Waals surface area contributed by atoms with Crippen molar-refractivity contribution in [1.82, 2.24) is 4.90 Å². The molecule has 0 N–H and O–H groups in total. The number of rotatable bonds is 4. The first-order chi connectivity index (χ1) is 10.6. The molecule has 7 heteroatoms. The van der Waals surface area contributed by atoms with Crippen LogP contribution in [0.3, 0.4) is 0 Å². The first-order valence-electron chi connectivity index (χ1n) is 7.13. The molecule has 1 amide bonds. The summed E-state index contributed by atoms with van der Waals surface area (Å²) >= 11 is 5.47.